The molecule has 0 bridgehead atoms. The second-order valence-corrected chi connectivity index (χ2v) is 7.79. The quantitative estimate of drug-likeness (QED) is 0.543. The molecular formula is C21H18BrNO3S. The maximum atomic E-state index is 12.7. The van der Waals surface area contributed by atoms with Crippen LogP contribution in [0.15, 0.2) is 76.6 Å². The van der Waals surface area contributed by atoms with Gasteiger partial charge in [-0.2, -0.15) is 0 Å². The number of ether oxygens (including phenoxy) is 1. The highest BCUT2D eigenvalue weighted by Crippen LogP contribution is 2.13. The molecule has 1 atom stereocenters. The molecule has 4 nitrogen and oxygen atoms in total. The summed E-state index contributed by atoms with van der Waals surface area (Å²) in [5.41, 5.74) is 1.84. The largest absolute Gasteiger partial charge is 0.459 e. The average Bonchev–Trinajstić information content (AvgIpc) is 3.22. The first kappa shape index (κ1) is 19.3. The molecule has 0 aliphatic heterocycles. The van der Waals surface area contributed by atoms with E-state index < -0.39 is 12.0 Å². The van der Waals surface area contributed by atoms with Crippen LogP contribution in [0.1, 0.15) is 20.8 Å². The number of amides is 1. The van der Waals surface area contributed by atoms with Crippen molar-refractivity contribution in [2.45, 2.75) is 19.1 Å². The van der Waals surface area contributed by atoms with E-state index in [2.05, 4.69) is 21.2 Å². The summed E-state index contributed by atoms with van der Waals surface area (Å²) in [6.07, 6.45) is 0.372. The van der Waals surface area contributed by atoms with E-state index in [-0.39, 0.29) is 12.5 Å². The molecule has 1 N–H and O–H groups in total. The molecular weight excluding hydrogens is 426 g/mol. The maximum Gasteiger partial charge on any atom is 0.329 e. The summed E-state index contributed by atoms with van der Waals surface area (Å²) < 4.78 is 6.42. The molecule has 27 heavy (non-hydrogen) atoms. The Morgan fingerprint density at radius 3 is 2.37 bits per heavy atom. The third-order valence-electron chi connectivity index (χ3n) is 3.91. The lowest BCUT2D eigenvalue weighted by Gasteiger charge is -2.17. The molecule has 0 saturated carbocycles. The Morgan fingerprint density at radius 2 is 1.70 bits per heavy atom. The van der Waals surface area contributed by atoms with Crippen LogP contribution in [0, 0.1) is 0 Å². The van der Waals surface area contributed by atoms with Crippen molar-refractivity contribution in [2.75, 3.05) is 0 Å². The number of halogens is 1. The van der Waals surface area contributed by atoms with Gasteiger partial charge in [0.2, 0.25) is 0 Å². The third kappa shape index (κ3) is 5.77. The summed E-state index contributed by atoms with van der Waals surface area (Å²) in [6, 6.07) is 19.9. The van der Waals surface area contributed by atoms with Crippen LogP contribution in [0.5, 0.6) is 0 Å². The molecule has 0 fully saturated rings. The monoisotopic (exact) mass is 443 g/mol. The summed E-state index contributed by atoms with van der Waals surface area (Å²) in [7, 11) is 0. The van der Waals surface area contributed by atoms with Crippen LogP contribution in [0.3, 0.4) is 0 Å². The maximum absolute atomic E-state index is 12.7. The molecule has 6 heteroatoms. The zero-order chi connectivity index (χ0) is 19.1. The highest BCUT2D eigenvalue weighted by Gasteiger charge is 2.24. The van der Waals surface area contributed by atoms with Crippen LogP contribution in [-0.2, 0) is 22.6 Å². The summed E-state index contributed by atoms with van der Waals surface area (Å²) >= 11 is 4.71. The van der Waals surface area contributed by atoms with Crippen molar-refractivity contribution in [1.82, 2.24) is 5.32 Å². The summed E-state index contributed by atoms with van der Waals surface area (Å²) in [6.45, 7) is 0.159. The van der Waals surface area contributed by atoms with Gasteiger partial charge in [-0.05, 0) is 34.7 Å². The lowest BCUT2D eigenvalue weighted by molar-refractivity contribution is -0.147. The molecule has 0 aliphatic rings. The smallest absolute Gasteiger partial charge is 0.329 e. The van der Waals surface area contributed by atoms with Crippen molar-refractivity contribution in [3.05, 3.63) is 92.6 Å². The van der Waals surface area contributed by atoms with Crippen LogP contribution in [0.4, 0.5) is 0 Å². The van der Waals surface area contributed by atoms with Gasteiger partial charge in [0.15, 0.2) is 0 Å². The van der Waals surface area contributed by atoms with Crippen LogP contribution < -0.4 is 5.32 Å². The van der Waals surface area contributed by atoms with Crippen molar-refractivity contribution in [2.24, 2.45) is 0 Å². The van der Waals surface area contributed by atoms with Crippen molar-refractivity contribution < 1.29 is 14.3 Å². The molecule has 1 aromatic heterocycles. The fourth-order valence-corrected chi connectivity index (χ4v) is 3.41. The number of carbonyl (C=O) groups is 2. The predicted octanol–water partition coefficient (Wildman–Crippen LogP) is 4.60. The predicted molar refractivity (Wildman–Crippen MR) is 110 cm³/mol. The highest BCUT2D eigenvalue weighted by atomic mass is 79.9. The van der Waals surface area contributed by atoms with Gasteiger partial charge in [0, 0.05) is 10.9 Å². The van der Waals surface area contributed by atoms with Crippen molar-refractivity contribution in [3.8, 4) is 0 Å². The van der Waals surface area contributed by atoms with Crippen LogP contribution >= 0.6 is 27.3 Å². The normalized spacial score (nSPS) is 11.6. The molecule has 3 aromatic rings. The van der Waals surface area contributed by atoms with Gasteiger partial charge in [-0.25, -0.2) is 4.79 Å². The fourth-order valence-electron chi connectivity index (χ4n) is 2.52. The van der Waals surface area contributed by atoms with Gasteiger partial charge in [0.1, 0.15) is 12.6 Å². The molecule has 1 amide bonds. The van der Waals surface area contributed by atoms with Crippen LogP contribution in [0.25, 0.3) is 0 Å². The Labute approximate surface area is 170 Å². The summed E-state index contributed by atoms with van der Waals surface area (Å²) in [5, 5.41) is 4.63. The SMILES string of the molecule is O=C(NC(Cc1ccccc1)C(=O)OCc1ccc(Br)cc1)c1cccs1. The van der Waals surface area contributed by atoms with Crippen molar-refractivity contribution in [3.63, 3.8) is 0 Å². The standard InChI is InChI=1S/C21H18BrNO3S/c22-17-10-8-16(9-11-17)14-26-21(25)18(13-15-5-2-1-3-6-15)23-20(24)19-7-4-12-27-19/h1-12,18H,13-14H2,(H,23,24). The first-order valence-corrected chi connectivity index (χ1v) is 10.1. The zero-order valence-corrected chi connectivity index (χ0v) is 16.8. The Balaban J connectivity index is 1.68. The van der Waals surface area contributed by atoms with Crippen LogP contribution in [0.2, 0.25) is 0 Å². The number of esters is 1. The molecule has 2 aromatic carbocycles. The number of nitrogens with one attached hydrogen (secondary N) is 1. The molecule has 0 saturated heterocycles. The number of thiophene rings is 1. The van der Waals surface area contributed by atoms with E-state index in [1.54, 1.807) is 12.1 Å². The lowest BCUT2D eigenvalue weighted by Crippen LogP contribution is -2.43. The average molecular weight is 444 g/mol. The zero-order valence-electron chi connectivity index (χ0n) is 14.4. The lowest BCUT2D eigenvalue weighted by atomic mass is 10.1. The van der Waals surface area contributed by atoms with Gasteiger partial charge in [-0.15, -0.1) is 11.3 Å². The molecule has 3 rings (SSSR count). The van der Waals surface area contributed by atoms with Gasteiger partial charge < -0.3 is 10.1 Å². The first-order valence-electron chi connectivity index (χ1n) is 8.41. The van der Waals surface area contributed by atoms with E-state index in [0.29, 0.717) is 11.3 Å². The van der Waals surface area contributed by atoms with E-state index in [1.165, 1.54) is 11.3 Å². The molecule has 1 unspecified atom stereocenters. The first-order chi connectivity index (χ1) is 13.1. The van der Waals surface area contributed by atoms with E-state index in [1.807, 2.05) is 60.0 Å². The van der Waals surface area contributed by atoms with E-state index in [0.717, 1.165) is 15.6 Å². The Bertz CT molecular complexity index is 880. The second kappa shape index (κ2) is 9.48. The van der Waals surface area contributed by atoms with E-state index >= 15 is 0 Å². The van der Waals surface area contributed by atoms with Crippen LogP contribution in [-0.4, -0.2) is 17.9 Å². The molecule has 0 spiro atoms. The number of hydrogen-bond acceptors (Lipinski definition) is 4. The minimum Gasteiger partial charge on any atom is -0.459 e. The Morgan fingerprint density at radius 1 is 0.963 bits per heavy atom. The second-order valence-electron chi connectivity index (χ2n) is 5.93. The van der Waals surface area contributed by atoms with Gasteiger partial charge >= 0.3 is 5.97 Å². The Hall–Kier alpha value is -2.44. The molecule has 1 heterocycles. The number of rotatable bonds is 7. The minimum absolute atomic E-state index is 0.159. The third-order valence-corrected chi connectivity index (χ3v) is 5.31. The van der Waals surface area contributed by atoms with E-state index in [4.69, 9.17) is 4.74 Å². The number of carbonyl (C=O) groups excluding carboxylic acids is 2. The summed E-state index contributed by atoms with van der Waals surface area (Å²) in [5.74, 6) is -0.724. The van der Waals surface area contributed by atoms with Gasteiger partial charge in [-0.3, -0.25) is 4.79 Å². The van der Waals surface area contributed by atoms with Gasteiger partial charge in [0.05, 0.1) is 4.88 Å². The van der Waals surface area contributed by atoms with Gasteiger partial charge in [-0.1, -0.05) is 64.5 Å². The fraction of sp³-hybridized carbons (Fsp3) is 0.143. The number of benzene rings is 2. The number of hydrogen-bond donors (Lipinski definition) is 1. The molecule has 0 radical (unpaired) electrons. The topological polar surface area (TPSA) is 55.4 Å². The Kier molecular flexibility index (Phi) is 6.79. The molecule has 138 valence electrons. The molecule has 0 aliphatic carbocycles. The van der Waals surface area contributed by atoms with Crippen molar-refractivity contribution in [1.29, 1.82) is 0 Å². The van der Waals surface area contributed by atoms with E-state index in [9.17, 15) is 9.59 Å². The van der Waals surface area contributed by atoms with Crippen molar-refractivity contribution >= 4 is 39.1 Å². The summed E-state index contributed by atoms with van der Waals surface area (Å²) in [4.78, 5) is 25.6. The highest BCUT2D eigenvalue weighted by molar-refractivity contribution is 9.10. The minimum atomic E-state index is -0.752. The van der Waals surface area contributed by atoms with Gasteiger partial charge in [0.25, 0.3) is 5.91 Å².